The van der Waals surface area contributed by atoms with E-state index in [2.05, 4.69) is 0 Å². The summed E-state index contributed by atoms with van der Waals surface area (Å²) in [7, 11) is 0. The minimum Gasteiger partial charge on any atom is -0.473 e. The summed E-state index contributed by atoms with van der Waals surface area (Å²) in [4.78, 5) is 18.2. The van der Waals surface area contributed by atoms with Crippen LogP contribution in [0, 0.1) is 0 Å². The smallest absolute Gasteiger partial charge is 0.414 e. The summed E-state index contributed by atoms with van der Waals surface area (Å²) in [6, 6.07) is 3.67. The number of carboxylic acids is 2. The molecule has 1 rings (SSSR count). The predicted molar refractivity (Wildman–Crippen MR) is 41.9 cm³/mol. The molecule has 4 N–H and O–H groups in total. The SMILES string of the molecule is NCc1ccco1.O=C(O)C(=O)O. The van der Waals surface area contributed by atoms with Crippen LogP contribution in [0.2, 0.25) is 0 Å². The maximum absolute atomic E-state index is 9.10. The van der Waals surface area contributed by atoms with Crippen LogP contribution in [0.3, 0.4) is 0 Å². The molecule has 0 atom stereocenters. The van der Waals surface area contributed by atoms with Crippen LogP contribution < -0.4 is 5.73 Å². The van der Waals surface area contributed by atoms with E-state index in [9.17, 15) is 0 Å². The van der Waals surface area contributed by atoms with Gasteiger partial charge in [0.15, 0.2) is 0 Å². The van der Waals surface area contributed by atoms with Crippen LogP contribution in [0.4, 0.5) is 0 Å². The Morgan fingerprint density at radius 3 is 2.08 bits per heavy atom. The van der Waals surface area contributed by atoms with Crippen molar-refractivity contribution in [3.8, 4) is 0 Å². The van der Waals surface area contributed by atoms with Gasteiger partial charge in [-0.15, -0.1) is 0 Å². The first-order chi connectivity index (χ1) is 6.07. The van der Waals surface area contributed by atoms with E-state index in [1.54, 1.807) is 6.26 Å². The summed E-state index contributed by atoms with van der Waals surface area (Å²) >= 11 is 0. The van der Waals surface area contributed by atoms with Crippen molar-refractivity contribution in [3.63, 3.8) is 0 Å². The number of hydrogen-bond acceptors (Lipinski definition) is 4. The average molecular weight is 187 g/mol. The third kappa shape index (κ3) is 5.45. The van der Waals surface area contributed by atoms with Gasteiger partial charge in [-0.25, -0.2) is 9.59 Å². The van der Waals surface area contributed by atoms with Gasteiger partial charge in [-0.3, -0.25) is 0 Å². The van der Waals surface area contributed by atoms with Crippen LogP contribution >= 0.6 is 0 Å². The Hall–Kier alpha value is -1.82. The molecule has 0 aliphatic heterocycles. The molecule has 0 aliphatic rings. The molecule has 1 heterocycles. The zero-order valence-corrected chi connectivity index (χ0v) is 6.64. The van der Waals surface area contributed by atoms with Crippen molar-refractivity contribution in [2.75, 3.05) is 0 Å². The van der Waals surface area contributed by atoms with Gasteiger partial charge in [0, 0.05) is 0 Å². The summed E-state index contributed by atoms with van der Waals surface area (Å²) in [6.45, 7) is 0.493. The minimum absolute atomic E-state index is 0.493. The van der Waals surface area contributed by atoms with Crippen molar-refractivity contribution in [2.45, 2.75) is 6.54 Å². The second kappa shape index (κ2) is 5.78. The van der Waals surface area contributed by atoms with E-state index < -0.39 is 11.9 Å². The molecular weight excluding hydrogens is 178 g/mol. The lowest BCUT2D eigenvalue weighted by atomic mass is 10.5. The Bertz CT molecular complexity index is 254. The molecule has 0 radical (unpaired) electrons. The van der Waals surface area contributed by atoms with Crippen molar-refractivity contribution in [3.05, 3.63) is 24.2 Å². The highest BCUT2D eigenvalue weighted by Crippen LogP contribution is 1.95. The van der Waals surface area contributed by atoms with E-state index >= 15 is 0 Å². The van der Waals surface area contributed by atoms with Crippen LogP contribution in [0.25, 0.3) is 0 Å². The number of aliphatic carboxylic acids is 2. The van der Waals surface area contributed by atoms with E-state index in [1.165, 1.54) is 0 Å². The zero-order chi connectivity index (χ0) is 10.3. The number of nitrogens with two attached hydrogens (primary N) is 1. The van der Waals surface area contributed by atoms with E-state index in [0.717, 1.165) is 5.76 Å². The number of hydrogen-bond donors (Lipinski definition) is 3. The number of carboxylic acid groups (broad SMARTS) is 2. The summed E-state index contributed by atoms with van der Waals surface area (Å²) in [6.07, 6.45) is 1.61. The van der Waals surface area contributed by atoms with Crippen molar-refractivity contribution >= 4 is 11.9 Å². The Kier molecular flexibility index (Phi) is 4.97. The molecule has 0 aromatic carbocycles. The predicted octanol–water partition coefficient (Wildman–Crippen LogP) is -0.106. The summed E-state index contributed by atoms with van der Waals surface area (Å²) in [5, 5.41) is 14.8. The zero-order valence-electron chi connectivity index (χ0n) is 6.64. The minimum atomic E-state index is -1.82. The van der Waals surface area contributed by atoms with Crippen molar-refractivity contribution in [2.24, 2.45) is 5.73 Å². The molecule has 0 saturated heterocycles. The van der Waals surface area contributed by atoms with Crippen molar-refractivity contribution < 1.29 is 24.2 Å². The Labute approximate surface area is 73.6 Å². The second-order valence-electron chi connectivity index (χ2n) is 1.89. The summed E-state index contributed by atoms with van der Waals surface area (Å²) in [5.74, 6) is -2.81. The number of rotatable bonds is 1. The molecule has 13 heavy (non-hydrogen) atoms. The van der Waals surface area contributed by atoms with E-state index in [1.807, 2.05) is 12.1 Å². The monoisotopic (exact) mass is 187 g/mol. The molecule has 72 valence electrons. The van der Waals surface area contributed by atoms with Gasteiger partial charge in [0.1, 0.15) is 5.76 Å². The molecule has 0 fully saturated rings. The summed E-state index contributed by atoms with van der Waals surface area (Å²) < 4.78 is 4.86. The highest BCUT2D eigenvalue weighted by molar-refractivity contribution is 6.27. The fourth-order valence-electron chi connectivity index (χ4n) is 0.429. The third-order valence-corrected chi connectivity index (χ3v) is 0.964. The lowest BCUT2D eigenvalue weighted by Crippen LogP contribution is -2.09. The van der Waals surface area contributed by atoms with Crippen molar-refractivity contribution in [1.82, 2.24) is 0 Å². The average Bonchev–Trinajstić information content (AvgIpc) is 2.56. The van der Waals surface area contributed by atoms with Gasteiger partial charge in [0.05, 0.1) is 12.8 Å². The van der Waals surface area contributed by atoms with Crippen LogP contribution in [-0.2, 0) is 16.1 Å². The molecule has 0 aliphatic carbocycles. The fourth-order valence-corrected chi connectivity index (χ4v) is 0.429. The highest BCUT2D eigenvalue weighted by Gasteiger charge is 2.04. The molecule has 0 unspecified atom stereocenters. The molecular formula is C7H9NO5. The van der Waals surface area contributed by atoms with Crippen LogP contribution in [0.1, 0.15) is 5.76 Å². The lowest BCUT2D eigenvalue weighted by Gasteiger charge is -1.80. The van der Waals surface area contributed by atoms with Crippen LogP contribution in [0.15, 0.2) is 22.8 Å². The van der Waals surface area contributed by atoms with Gasteiger partial charge >= 0.3 is 11.9 Å². The number of carbonyl (C=O) groups is 2. The quantitative estimate of drug-likeness (QED) is 0.528. The molecule has 1 aromatic heterocycles. The maximum atomic E-state index is 9.10. The lowest BCUT2D eigenvalue weighted by molar-refractivity contribution is -0.159. The molecule has 0 amide bonds. The van der Waals surface area contributed by atoms with Gasteiger partial charge in [0.2, 0.25) is 0 Å². The van der Waals surface area contributed by atoms with Gasteiger partial charge in [-0.2, -0.15) is 0 Å². The van der Waals surface area contributed by atoms with Gasteiger partial charge in [-0.1, -0.05) is 0 Å². The maximum Gasteiger partial charge on any atom is 0.414 e. The molecule has 6 heteroatoms. The van der Waals surface area contributed by atoms with E-state index in [-0.39, 0.29) is 0 Å². The molecule has 1 aromatic rings. The van der Waals surface area contributed by atoms with E-state index in [4.69, 9.17) is 30.0 Å². The number of furan rings is 1. The second-order valence-corrected chi connectivity index (χ2v) is 1.89. The van der Waals surface area contributed by atoms with E-state index in [0.29, 0.717) is 6.54 Å². The van der Waals surface area contributed by atoms with Gasteiger partial charge in [0.25, 0.3) is 0 Å². The molecule has 0 saturated carbocycles. The summed E-state index contributed by atoms with van der Waals surface area (Å²) in [5.41, 5.74) is 5.20. The first-order valence-corrected chi connectivity index (χ1v) is 3.26. The first-order valence-electron chi connectivity index (χ1n) is 3.26. The first kappa shape index (κ1) is 11.2. The normalized spacial score (nSPS) is 8.38. The van der Waals surface area contributed by atoms with Crippen molar-refractivity contribution in [1.29, 1.82) is 0 Å². The largest absolute Gasteiger partial charge is 0.473 e. The van der Waals surface area contributed by atoms with Gasteiger partial charge in [-0.05, 0) is 12.1 Å². The van der Waals surface area contributed by atoms with Crippen LogP contribution in [-0.4, -0.2) is 22.2 Å². The topological polar surface area (TPSA) is 114 Å². The molecule has 0 spiro atoms. The Balaban J connectivity index is 0.000000226. The molecule has 6 nitrogen and oxygen atoms in total. The van der Waals surface area contributed by atoms with Gasteiger partial charge < -0.3 is 20.4 Å². The Morgan fingerprint density at radius 1 is 1.38 bits per heavy atom. The standard InChI is InChI=1S/C5H7NO.C2H2O4/c6-4-5-2-1-3-7-5;3-1(4)2(5)6/h1-3H,4,6H2;(H,3,4)(H,5,6). The highest BCUT2D eigenvalue weighted by atomic mass is 16.4. The Morgan fingerprint density at radius 2 is 1.92 bits per heavy atom. The third-order valence-electron chi connectivity index (χ3n) is 0.964. The van der Waals surface area contributed by atoms with Crippen LogP contribution in [0.5, 0.6) is 0 Å². The fraction of sp³-hybridized carbons (Fsp3) is 0.143. The molecule has 0 bridgehead atoms.